The highest BCUT2D eigenvalue weighted by atomic mass is 19.1. The number of hydrogen-bond donors (Lipinski definition) is 0. The molecule has 0 saturated carbocycles. The van der Waals surface area contributed by atoms with E-state index in [0.29, 0.717) is 17.9 Å². The Bertz CT molecular complexity index is 512. The number of halogens is 2. The lowest BCUT2D eigenvalue weighted by Gasteiger charge is -2.52. The second-order valence-electron chi connectivity index (χ2n) is 6.34. The maximum absolute atomic E-state index is 14.1. The van der Waals surface area contributed by atoms with Gasteiger partial charge in [-0.05, 0) is 68.3 Å². The molecular formula is C16H19F2N. The fraction of sp³-hybridized carbons (Fsp3) is 0.625. The molecule has 0 bridgehead atoms. The molecule has 0 radical (unpaired) electrons. The Hall–Kier alpha value is -0.960. The molecule has 2 saturated heterocycles. The highest BCUT2D eigenvalue weighted by Gasteiger charge is 2.44. The van der Waals surface area contributed by atoms with Gasteiger partial charge in [-0.3, -0.25) is 4.90 Å². The summed E-state index contributed by atoms with van der Waals surface area (Å²) < 4.78 is 27.6. The van der Waals surface area contributed by atoms with Crippen molar-refractivity contribution in [2.45, 2.75) is 44.1 Å². The van der Waals surface area contributed by atoms with Crippen molar-refractivity contribution < 1.29 is 8.78 Å². The van der Waals surface area contributed by atoms with Crippen molar-refractivity contribution in [1.82, 2.24) is 4.90 Å². The third-order valence-electron chi connectivity index (χ3n) is 5.36. The van der Waals surface area contributed by atoms with Gasteiger partial charge < -0.3 is 0 Å². The van der Waals surface area contributed by atoms with Crippen LogP contribution in [-0.4, -0.2) is 24.0 Å². The smallest absolute Gasteiger partial charge is 0.129 e. The fourth-order valence-electron chi connectivity index (χ4n) is 4.70. The Kier molecular flexibility index (Phi) is 2.66. The first-order valence-electron chi connectivity index (χ1n) is 7.46. The molecule has 3 atom stereocenters. The Morgan fingerprint density at radius 1 is 1.05 bits per heavy atom. The Balaban J connectivity index is 1.84. The first-order valence-corrected chi connectivity index (χ1v) is 7.46. The van der Waals surface area contributed by atoms with Crippen molar-refractivity contribution in [3.05, 3.63) is 34.9 Å². The summed E-state index contributed by atoms with van der Waals surface area (Å²) >= 11 is 0. The Labute approximate surface area is 112 Å². The van der Waals surface area contributed by atoms with E-state index in [-0.39, 0.29) is 5.82 Å². The first-order chi connectivity index (χ1) is 9.24. The summed E-state index contributed by atoms with van der Waals surface area (Å²) in [5.74, 6) is 0.193. The lowest BCUT2D eigenvalue weighted by molar-refractivity contribution is 0.0341. The van der Waals surface area contributed by atoms with Crippen LogP contribution >= 0.6 is 0 Å². The molecule has 19 heavy (non-hydrogen) atoms. The van der Waals surface area contributed by atoms with Crippen molar-refractivity contribution in [3.63, 3.8) is 0 Å². The van der Waals surface area contributed by atoms with E-state index in [4.69, 9.17) is 0 Å². The summed E-state index contributed by atoms with van der Waals surface area (Å²) in [4.78, 5) is 2.58. The van der Waals surface area contributed by atoms with Gasteiger partial charge in [0.1, 0.15) is 11.6 Å². The zero-order chi connectivity index (χ0) is 13.0. The largest absolute Gasteiger partial charge is 0.299 e. The molecule has 0 amide bonds. The monoisotopic (exact) mass is 263 g/mol. The van der Waals surface area contributed by atoms with E-state index < -0.39 is 5.82 Å². The SMILES string of the molecule is Fc1cc(F)c2c(c1)C1CCCN3CCCC(C2)C13. The van der Waals surface area contributed by atoms with E-state index in [9.17, 15) is 8.78 Å². The number of hydrogen-bond acceptors (Lipinski definition) is 1. The van der Waals surface area contributed by atoms with Crippen molar-refractivity contribution in [2.75, 3.05) is 13.1 Å². The molecule has 3 heteroatoms. The summed E-state index contributed by atoms with van der Waals surface area (Å²) in [7, 11) is 0. The average molecular weight is 263 g/mol. The number of nitrogens with zero attached hydrogens (tertiary/aromatic N) is 1. The second-order valence-corrected chi connectivity index (χ2v) is 6.34. The molecule has 1 nitrogen and oxygen atoms in total. The van der Waals surface area contributed by atoms with Crippen LogP contribution in [0.3, 0.4) is 0 Å². The molecule has 3 unspecified atom stereocenters. The highest BCUT2D eigenvalue weighted by Crippen LogP contribution is 2.47. The zero-order valence-electron chi connectivity index (χ0n) is 11.0. The van der Waals surface area contributed by atoms with Gasteiger partial charge in [-0.15, -0.1) is 0 Å². The molecule has 0 N–H and O–H groups in total. The van der Waals surface area contributed by atoms with Gasteiger partial charge in [-0.2, -0.15) is 0 Å². The van der Waals surface area contributed by atoms with E-state index in [1.165, 1.54) is 25.9 Å². The lowest BCUT2D eigenvalue weighted by atomic mass is 9.66. The molecule has 0 aromatic heterocycles. The average Bonchev–Trinajstić information content (AvgIpc) is 2.41. The normalized spacial score (nSPS) is 33.7. The minimum atomic E-state index is -0.414. The van der Waals surface area contributed by atoms with Crippen molar-refractivity contribution >= 4 is 0 Å². The van der Waals surface area contributed by atoms with Crippen molar-refractivity contribution in [3.8, 4) is 0 Å². The zero-order valence-corrected chi connectivity index (χ0v) is 11.0. The summed E-state index contributed by atoms with van der Waals surface area (Å²) in [6.45, 7) is 2.34. The van der Waals surface area contributed by atoms with Crippen LogP contribution in [0.25, 0.3) is 0 Å². The van der Waals surface area contributed by atoms with E-state index in [0.717, 1.165) is 36.5 Å². The maximum Gasteiger partial charge on any atom is 0.129 e. The van der Waals surface area contributed by atoms with Gasteiger partial charge in [0.05, 0.1) is 0 Å². The molecule has 4 rings (SSSR count). The predicted molar refractivity (Wildman–Crippen MR) is 70.1 cm³/mol. The molecule has 1 aromatic rings. The number of benzene rings is 1. The summed E-state index contributed by atoms with van der Waals surface area (Å²) in [5, 5.41) is 0. The minimum Gasteiger partial charge on any atom is -0.299 e. The Morgan fingerprint density at radius 3 is 2.68 bits per heavy atom. The third kappa shape index (κ3) is 1.74. The van der Waals surface area contributed by atoms with Crippen LogP contribution in [0, 0.1) is 17.6 Å². The van der Waals surface area contributed by atoms with E-state index in [2.05, 4.69) is 4.90 Å². The van der Waals surface area contributed by atoms with E-state index >= 15 is 0 Å². The molecule has 2 aliphatic heterocycles. The number of piperidine rings is 2. The van der Waals surface area contributed by atoms with Gasteiger partial charge in [0, 0.05) is 18.0 Å². The van der Waals surface area contributed by atoms with Crippen LogP contribution in [-0.2, 0) is 6.42 Å². The molecule has 2 fully saturated rings. The lowest BCUT2D eigenvalue weighted by Crippen LogP contribution is -2.54. The van der Waals surface area contributed by atoms with Gasteiger partial charge in [0.2, 0.25) is 0 Å². The fourth-order valence-corrected chi connectivity index (χ4v) is 4.70. The van der Waals surface area contributed by atoms with E-state index in [1.807, 2.05) is 0 Å². The van der Waals surface area contributed by atoms with Crippen LogP contribution in [0.15, 0.2) is 12.1 Å². The van der Waals surface area contributed by atoms with Crippen LogP contribution in [0.4, 0.5) is 8.78 Å². The van der Waals surface area contributed by atoms with Gasteiger partial charge >= 0.3 is 0 Å². The molecule has 3 aliphatic rings. The minimum absolute atomic E-state index is 0.323. The van der Waals surface area contributed by atoms with Crippen LogP contribution in [0.1, 0.15) is 42.7 Å². The molecular weight excluding hydrogens is 244 g/mol. The first kappa shape index (κ1) is 11.8. The summed E-state index contributed by atoms with van der Waals surface area (Å²) in [6.07, 6.45) is 5.48. The van der Waals surface area contributed by atoms with Gasteiger partial charge in [-0.1, -0.05) is 0 Å². The summed E-state index contributed by atoms with van der Waals surface area (Å²) in [5.41, 5.74) is 1.77. The molecule has 1 aromatic carbocycles. The molecule has 1 aliphatic carbocycles. The predicted octanol–water partition coefficient (Wildman–Crippen LogP) is 3.48. The van der Waals surface area contributed by atoms with Gasteiger partial charge in [-0.25, -0.2) is 8.78 Å². The van der Waals surface area contributed by atoms with Gasteiger partial charge in [0.25, 0.3) is 0 Å². The number of fused-ring (bicyclic) bond motifs is 2. The van der Waals surface area contributed by atoms with Crippen LogP contribution < -0.4 is 0 Å². The van der Waals surface area contributed by atoms with Crippen LogP contribution in [0.5, 0.6) is 0 Å². The van der Waals surface area contributed by atoms with Crippen molar-refractivity contribution in [1.29, 1.82) is 0 Å². The molecule has 2 heterocycles. The third-order valence-corrected chi connectivity index (χ3v) is 5.36. The van der Waals surface area contributed by atoms with Crippen LogP contribution in [0.2, 0.25) is 0 Å². The topological polar surface area (TPSA) is 3.24 Å². The summed E-state index contributed by atoms with van der Waals surface area (Å²) in [6, 6.07) is 3.19. The molecule has 0 spiro atoms. The maximum atomic E-state index is 14.1. The van der Waals surface area contributed by atoms with E-state index in [1.54, 1.807) is 6.07 Å². The van der Waals surface area contributed by atoms with Gasteiger partial charge in [0.15, 0.2) is 0 Å². The number of rotatable bonds is 0. The quantitative estimate of drug-likeness (QED) is 0.692. The second kappa shape index (κ2) is 4.27. The molecule has 102 valence electrons. The van der Waals surface area contributed by atoms with Crippen molar-refractivity contribution in [2.24, 2.45) is 5.92 Å². The standard InChI is InChI=1S/C16H19F2N/c17-11-8-13-12-4-2-6-19-5-1-3-10(16(12)19)7-14(13)15(18)9-11/h8-10,12,16H,1-7H2. The Morgan fingerprint density at radius 2 is 1.84 bits per heavy atom. The highest BCUT2D eigenvalue weighted by molar-refractivity contribution is 5.37.